The molecule has 5 nitrogen and oxygen atoms in total. The number of pyridine rings is 1. The van der Waals surface area contributed by atoms with Gasteiger partial charge in [-0.25, -0.2) is 4.79 Å². The smallest absolute Gasteiger partial charge is 0.337 e. The number of carboxylic acids is 1. The van der Waals surface area contributed by atoms with E-state index in [-0.39, 0.29) is 11.3 Å². The average molecular weight is 309 g/mol. The highest BCUT2D eigenvalue weighted by molar-refractivity contribution is 6.02. The molecule has 0 amide bonds. The van der Waals surface area contributed by atoms with Gasteiger partial charge in [0.25, 0.3) is 0 Å². The molecule has 0 aliphatic heterocycles. The zero-order valence-corrected chi connectivity index (χ0v) is 12.5. The number of benzene rings is 1. The Morgan fingerprint density at radius 2 is 1.87 bits per heavy atom. The van der Waals surface area contributed by atoms with Crippen molar-refractivity contribution >= 4 is 17.3 Å². The van der Waals surface area contributed by atoms with Crippen LogP contribution in [-0.2, 0) is 6.61 Å². The molecule has 116 valence electrons. The molecule has 2 aromatic heterocycles. The predicted molar refractivity (Wildman–Crippen MR) is 85.1 cm³/mol. The maximum absolute atomic E-state index is 11.6. The molecule has 0 aliphatic rings. The van der Waals surface area contributed by atoms with Crippen molar-refractivity contribution in [2.45, 2.75) is 13.5 Å². The summed E-state index contributed by atoms with van der Waals surface area (Å²) in [5, 5.41) is 9.31. The van der Waals surface area contributed by atoms with Crippen LogP contribution >= 0.6 is 0 Å². The summed E-state index contributed by atoms with van der Waals surface area (Å²) in [6, 6.07) is 14.4. The van der Waals surface area contributed by atoms with Crippen LogP contribution in [-0.4, -0.2) is 21.3 Å². The van der Waals surface area contributed by atoms with Gasteiger partial charge in [0, 0.05) is 19.2 Å². The molecule has 1 N–H and O–H groups in total. The van der Waals surface area contributed by atoms with Gasteiger partial charge < -0.3 is 14.2 Å². The summed E-state index contributed by atoms with van der Waals surface area (Å²) in [6.45, 7) is 1.80. The van der Waals surface area contributed by atoms with Crippen molar-refractivity contribution in [3.63, 3.8) is 0 Å². The number of carbonyl (C=O) groups excluding carboxylic acids is 1. The number of rotatable bonds is 5. The molecular weight excluding hydrogens is 294 g/mol. The van der Waals surface area contributed by atoms with Crippen LogP contribution in [0.15, 0.2) is 54.7 Å². The monoisotopic (exact) mass is 309 g/mol. The molecule has 23 heavy (non-hydrogen) atoms. The highest BCUT2D eigenvalue weighted by Gasteiger charge is 2.17. The number of Topliss-reactive ketones (excluding diaryl/α,β-unsaturated/α-hetero) is 1. The van der Waals surface area contributed by atoms with Crippen molar-refractivity contribution in [2.75, 3.05) is 0 Å². The van der Waals surface area contributed by atoms with E-state index in [0.717, 1.165) is 5.56 Å². The molecule has 1 aromatic carbocycles. The van der Waals surface area contributed by atoms with Gasteiger partial charge >= 0.3 is 5.97 Å². The molecule has 0 saturated heterocycles. The van der Waals surface area contributed by atoms with Crippen molar-refractivity contribution < 1.29 is 19.4 Å². The second-order valence-corrected chi connectivity index (χ2v) is 5.20. The van der Waals surface area contributed by atoms with Crippen LogP contribution in [0.25, 0.3) is 5.52 Å². The largest absolute Gasteiger partial charge is 0.489 e. The number of hydrogen-bond acceptors (Lipinski definition) is 3. The molecule has 0 spiro atoms. The Morgan fingerprint density at radius 3 is 2.52 bits per heavy atom. The van der Waals surface area contributed by atoms with Crippen molar-refractivity contribution in [3.05, 3.63) is 71.5 Å². The van der Waals surface area contributed by atoms with E-state index in [1.54, 1.807) is 22.7 Å². The summed E-state index contributed by atoms with van der Waals surface area (Å²) in [7, 11) is 0. The number of carboxylic acid groups (broad SMARTS) is 1. The van der Waals surface area contributed by atoms with Crippen LogP contribution in [0.4, 0.5) is 0 Å². The van der Waals surface area contributed by atoms with Crippen molar-refractivity contribution in [1.29, 1.82) is 0 Å². The minimum Gasteiger partial charge on any atom is -0.489 e. The first-order valence-corrected chi connectivity index (χ1v) is 7.12. The maximum atomic E-state index is 11.6. The molecule has 3 rings (SSSR count). The average Bonchev–Trinajstić information content (AvgIpc) is 2.93. The van der Waals surface area contributed by atoms with Gasteiger partial charge in [-0.15, -0.1) is 0 Å². The number of ether oxygens (including phenoxy) is 1. The molecule has 3 aromatic rings. The fraction of sp³-hybridized carbons (Fsp3) is 0.111. The molecule has 0 unspecified atom stereocenters. The van der Waals surface area contributed by atoms with Gasteiger partial charge in [-0.05, 0) is 17.7 Å². The number of carbonyl (C=O) groups is 2. The van der Waals surface area contributed by atoms with Gasteiger partial charge in [-0.1, -0.05) is 30.3 Å². The Balaban J connectivity index is 1.96. The summed E-state index contributed by atoms with van der Waals surface area (Å²) in [4.78, 5) is 23.0. The Hall–Kier alpha value is -3.08. The van der Waals surface area contributed by atoms with E-state index in [2.05, 4.69) is 0 Å². The summed E-state index contributed by atoms with van der Waals surface area (Å²) in [5.74, 6) is -0.710. The van der Waals surface area contributed by atoms with Crippen molar-refractivity contribution in [1.82, 2.24) is 4.40 Å². The maximum Gasteiger partial charge on any atom is 0.337 e. The lowest BCUT2D eigenvalue weighted by molar-refractivity contribution is 0.0699. The summed E-state index contributed by atoms with van der Waals surface area (Å²) in [6.07, 6.45) is 1.65. The zero-order valence-electron chi connectivity index (χ0n) is 12.5. The van der Waals surface area contributed by atoms with Gasteiger partial charge in [0.1, 0.15) is 12.4 Å². The molecule has 0 saturated carbocycles. The van der Waals surface area contributed by atoms with Crippen LogP contribution in [0.1, 0.15) is 33.3 Å². The fourth-order valence-corrected chi connectivity index (χ4v) is 2.45. The third kappa shape index (κ3) is 2.94. The van der Waals surface area contributed by atoms with Gasteiger partial charge in [-0.2, -0.15) is 0 Å². The first kappa shape index (κ1) is 14.8. The van der Waals surface area contributed by atoms with Gasteiger partial charge in [0.05, 0.1) is 16.8 Å². The van der Waals surface area contributed by atoms with E-state index in [1.807, 2.05) is 30.3 Å². The summed E-state index contributed by atoms with van der Waals surface area (Å²) >= 11 is 0. The number of hydrogen-bond donors (Lipinski definition) is 1. The second-order valence-electron chi connectivity index (χ2n) is 5.20. The first-order chi connectivity index (χ1) is 11.1. The van der Waals surface area contributed by atoms with E-state index in [9.17, 15) is 14.7 Å². The molecule has 2 heterocycles. The Kier molecular flexibility index (Phi) is 3.85. The molecule has 0 fully saturated rings. The van der Waals surface area contributed by atoms with Crippen LogP contribution in [0.3, 0.4) is 0 Å². The normalized spacial score (nSPS) is 10.7. The fourth-order valence-electron chi connectivity index (χ4n) is 2.45. The number of aromatic nitrogens is 1. The van der Waals surface area contributed by atoms with E-state index in [1.165, 1.54) is 13.0 Å². The predicted octanol–water partition coefficient (Wildman–Crippen LogP) is 3.42. The van der Waals surface area contributed by atoms with E-state index < -0.39 is 5.97 Å². The molecular formula is C18H15NO4. The third-order valence-corrected chi connectivity index (χ3v) is 3.58. The first-order valence-electron chi connectivity index (χ1n) is 7.12. The quantitative estimate of drug-likeness (QED) is 0.733. The van der Waals surface area contributed by atoms with Crippen LogP contribution < -0.4 is 4.74 Å². The lowest BCUT2D eigenvalue weighted by atomic mass is 10.2. The van der Waals surface area contributed by atoms with Gasteiger partial charge in [0.2, 0.25) is 0 Å². The molecule has 0 radical (unpaired) electrons. The van der Waals surface area contributed by atoms with Crippen LogP contribution in [0, 0.1) is 0 Å². The second kappa shape index (κ2) is 5.96. The minimum absolute atomic E-state index is 0.0837. The number of ketones is 1. The lowest BCUT2D eigenvalue weighted by Crippen LogP contribution is -2.00. The topological polar surface area (TPSA) is 68.0 Å². The van der Waals surface area contributed by atoms with Gasteiger partial charge in [-0.3, -0.25) is 4.79 Å². The number of fused-ring (bicyclic) bond motifs is 1. The standard InChI is InChI=1S/C18H15NO4/c1-12(20)16-10-15(18(21)22)17-9-14(7-8-19(16)17)23-11-13-5-3-2-4-6-13/h2-10H,11H2,1H3,(H,21,22). The van der Waals surface area contributed by atoms with Crippen LogP contribution in [0.2, 0.25) is 0 Å². The van der Waals surface area contributed by atoms with E-state index in [0.29, 0.717) is 23.6 Å². The third-order valence-electron chi connectivity index (χ3n) is 3.58. The Bertz CT molecular complexity index is 881. The Labute approximate surface area is 132 Å². The highest BCUT2D eigenvalue weighted by atomic mass is 16.5. The van der Waals surface area contributed by atoms with Crippen molar-refractivity contribution in [2.24, 2.45) is 0 Å². The molecule has 0 bridgehead atoms. The summed E-state index contributed by atoms with van der Waals surface area (Å²) in [5.41, 5.74) is 1.88. The SMILES string of the molecule is CC(=O)c1cc(C(=O)O)c2cc(OCc3ccccc3)ccn12. The highest BCUT2D eigenvalue weighted by Crippen LogP contribution is 2.23. The zero-order chi connectivity index (χ0) is 16.4. The molecule has 5 heteroatoms. The van der Waals surface area contributed by atoms with Gasteiger partial charge in [0.15, 0.2) is 5.78 Å². The summed E-state index contributed by atoms with van der Waals surface area (Å²) < 4.78 is 7.28. The van der Waals surface area contributed by atoms with E-state index >= 15 is 0 Å². The number of aromatic carboxylic acids is 1. The minimum atomic E-state index is -1.07. The number of nitrogens with zero attached hydrogens (tertiary/aromatic N) is 1. The lowest BCUT2D eigenvalue weighted by Gasteiger charge is -2.08. The molecule has 0 aliphatic carbocycles. The van der Waals surface area contributed by atoms with Crippen LogP contribution in [0.5, 0.6) is 5.75 Å². The van der Waals surface area contributed by atoms with E-state index in [4.69, 9.17) is 4.74 Å². The molecule has 0 atom stereocenters. The Morgan fingerprint density at radius 1 is 1.13 bits per heavy atom. The van der Waals surface area contributed by atoms with Crippen molar-refractivity contribution in [3.8, 4) is 5.75 Å².